The summed E-state index contributed by atoms with van der Waals surface area (Å²) in [7, 11) is 0. The van der Waals surface area contributed by atoms with Crippen LogP contribution in [0.3, 0.4) is 0 Å². The highest BCUT2D eigenvalue weighted by Gasteiger charge is 2.13. The maximum Gasteiger partial charge on any atom is 0.243 e. The minimum absolute atomic E-state index is 0.0278. The Kier molecular flexibility index (Phi) is 8.07. The molecule has 0 fully saturated rings. The summed E-state index contributed by atoms with van der Waals surface area (Å²) in [5.41, 5.74) is 1.75. The molecule has 134 valence electrons. The van der Waals surface area contributed by atoms with E-state index in [0.717, 1.165) is 10.0 Å². The van der Waals surface area contributed by atoms with Crippen molar-refractivity contribution in [2.45, 2.75) is 6.54 Å². The van der Waals surface area contributed by atoms with Gasteiger partial charge in [-0.2, -0.15) is 11.3 Å². The van der Waals surface area contributed by atoms with E-state index in [1.54, 1.807) is 17.4 Å². The molecule has 0 bridgehead atoms. The first-order valence-electron chi connectivity index (χ1n) is 7.74. The number of nitrogens with zero attached hydrogens (tertiary/aromatic N) is 1. The number of hydrogen-bond donors (Lipinski definition) is 3. The predicted molar refractivity (Wildman–Crippen MR) is 102 cm³/mol. The minimum atomic E-state index is -0.299. The Bertz CT molecular complexity index is 694. The summed E-state index contributed by atoms with van der Waals surface area (Å²) in [5.74, 6) is -0.558. The Hall–Kier alpha value is -1.74. The number of carbonyl (C=O) groups is 2. The summed E-state index contributed by atoms with van der Waals surface area (Å²) in [6, 6.07) is 9.25. The number of carbonyl (C=O) groups excluding carboxylic acids is 2. The van der Waals surface area contributed by atoms with E-state index in [4.69, 9.17) is 5.11 Å². The van der Waals surface area contributed by atoms with Crippen molar-refractivity contribution < 1.29 is 14.7 Å². The molecule has 6 nitrogen and oxygen atoms in total. The van der Waals surface area contributed by atoms with Crippen molar-refractivity contribution in [1.29, 1.82) is 0 Å². The van der Waals surface area contributed by atoms with Gasteiger partial charge in [0.15, 0.2) is 0 Å². The summed E-state index contributed by atoms with van der Waals surface area (Å²) >= 11 is 4.94. The molecule has 25 heavy (non-hydrogen) atoms. The fourth-order valence-electron chi connectivity index (χ4n) is 2.19. The van der Waals surface area contributed by atoms with E-state index in [1.807, 2.05) is 39.9 Å². The Morgan fingerprint density at radius 1 is 1.20 bits per heavy atom. The largest absolute Gasteiger partial charge is 0.395 e. The van der Waals surface area contributed by atoms with Gasteiger partial charge in [0.2, 0.25) is 11.8 Å². The Labute approximate surface area is 159 Å². The Morgan fingerprint density at radius 3 is 2.68 bits per heavy atom. The molecule has 0 saturated carbocycles. The molecule has 0 aliphatic rings. The molecular formula is C17H20BrN3O3S. The maximum absolute atomic E-state index is 12.1. The van der Waals surface area contributed by atoms with Gasteiger partial charge in [-0.05, 0) is 50.5 Å². The SMILES string of the molecule is O=C(CN(CCO)Cc1ccsc1)NCC(=O)Nc1ccccc1Br. The van der Waals surface area contributed by atoms with E-state index in [9.17, 15) is 9.59 Å². The summed E-state index contributed by atoms with van der Waals surface area (Å²) in [6.07, 6.45) is 0. The van der Waals surface area contributed by atoms with E-state index in [-0.39, 0.29) is 31.5 Å². The average Bonchev–Trinajstić information content (AvgIpc) is 3.08. The monoisotopic (exact) mass is 425 g/mol. The molecule has 0 aliphatic heterocycles. The van der Waals surface area contributed by atoms with E-state index in [2.05, 4.69) is 26.6 Å². The lowest BCUT2D eigenvalue weighted by Gasteiger charge is -2.20. The number of anilines is 1. The van der Waals surface area contributed by atoms with Crippen molar-refractivity contribution in [2.75, 3.05) is 31.6 Å². The van der Waals surface area contributed by atoms with Crippen LogP contribution in [-0.2, 0) is 16.1 Å². The van der Waals surface area contributed by atoms with Crippen LogP contribution in [0.1, 0.15) is 5.56 Å². The molecular weight excluding hydrogens is 406 g/mol. The lowest BCUT2D eigenvalue weighted by atomic mass is 10.3. The summed E-state index contributed by atoms with van der Waals surface area (Å²) in [6.45, 7) is 0.970. The topological polar surface area (TPSA) is 81.7 Å². The fourth-order valence-corrected chi connectivity index (χ4v) is 3.23. The molecule has 0 radical (unpaired) electrons. The maximum atomic E-state index is 12.1. The van der Waals surface area contributed by atoms with Crippen LogP contribution in [0.4, 0.5) is 5.69 Å². The molecule has 8 heteroatoms. The molecule has 2 amide bonds. The number of aliphatic hydroxyl groups excluding tert-OH is 1. The van der Waals surface area contributed by atoms with Gasteiger partial charge in [0.1, 0.15) is 0 Å². The second-order valence-electron chi connectivity index (χ2n) is 5.37. The number of rotatable bonds is 9. The molecule has 1 aromatic heterocycles. The van der Waals surface area contributed by atoms with Crippen molar-refractivity contribution in [1.82, 2.24) is 10.2 Å². The van der Waals surface area contributed by atoms with Crippen LogP contribution in [0.25, 0.3) is 0 Å². The van der Waals surface area contributed by atoms with Gasteiger partial charge in [-0.25, -0.2) is 0 Å². The molecule has 1 heterocycles. The third-order valence-electron chi connectivity index (χ3n) is 3.36. The van der Waals surface area contributed by atoms with Crippen LogP contribution in [-0.4, -0.2) is 48.1 Å². The van der Waals surface area contributed by atoms with Gasteiger partial charge >= 0.3 is 0 Å². The predicted octanol–water partition coefficient (Wildman–Crippen LogP) is 2.06. The molecule has 2 rings (SSSR count). The van der Waals surface area contributed by atoms with E-state index < -0.39 is 0 Å². The molecule has 0 saturated heterocycles. The van der Waals surface area contributed by atoms with Crippen LogP contribution in [0.5, 0.6) is 0 Å². The molecule has 3 N–H and O–H groups in total. The number of amides is 2. The lowest BCUT2D eigenvalue weighted by molar-refractivity contribution is -0.125. The molecule has 0 unspecified atom stereocenters. The van der Waals surface area contributed by atoms with Crippen molar-refractivity contribution in [2.24, 2.45) is 0 Å². The zero-order valence-electron chi connectivity index (χ0n) is 13.6. The van der Waals surface area contributed by atoms with Gasteiger partial charge in [-0.1, -0.05) is 12.1 Å². The molecule has 0 spiro atoms. The number of hydrogen-bond acceptors (Lipinski definition) is 5. The van der Waals surface area contributed by atoms with Crippen molar-refractivity contribution >= 4 is 44.8 Å². The first-order chi connectivity index (χ1) is 12.1. The third-order valence-corrected chi connectivity index (χ3v) is 4.79. The standard InChI is InChI=1S/C17H20BrN3O3S/c18-14-3-1-2-4-15(14)20-16(23)9-19-17(24)11-21(6-7-22)10-13-5-8-25-12-13/h1-5,8,12,22H,6-7,9-11H2,(H,19,24)(H,20,23). The third kappa shape index (κ3) is 6.95. The normalized spacial score (nSPS) is 10.7. The van der Waals surface area contributed by atoms with Crippen molar-refractivity contribution in [3.05, 3.63) is 51.1 Å². The van der Waals surface area contributed by atoms with Gasteiger partial charge in [0.25, 0.3) is 0 Å². The van der Waals surface area contributed by atoms with Gasteiger partial charge < -0.3 is 15.7 Å². The Morgan fingerprint density at radius 2 is 2.00 bits per heavy atom. The molecule has 0 atom stereocenters. The lowest BCUT2D eigenvalue weighted by Crippen LogP contribution is -2.41. The molecule has 0 aliphatic carbocycles. The number of halogens is 1. The average molecular weight is 426 g/mol. The number of thiophene rings is 1. The van der Waals surface area contributed by atoms with Crippen LogP contribution in [0, 0.1) is 0 Å². The van der Waals surface area contributed by atoms with Crippen LogP contribution in [0.2, 0.25) is 0 Å². The summed E-state index contributed by atoms with van der Waals surface area (Å²) in [5, 5.41) is 18.5. The van der Waals surface area contributed by atoms with Crippen LogP contribution in [0.15, 0.2) is 45.6 Å². The molecule has 1 aromatic carbocycles. The second kappa shape index (κ2) is 10.3. The first kappa shape index (κ1) is 19.6. The van der Waals surface area contributed by atoms with Crippen LogP contribution < -0.4 is 10.6 Å². The van der Waals surface area contributed by atoms with E-state index in [0.29, 0.717) is 18.8 Å². The van der Waals surface area contributed by atoms with Gasteiger partial charge in [-0.15, -0.1) is 0 Å². The smallest absolute Gasteiger partial charge is 0.243 e. The quantitative estimate of drug-likeness (QED) is 0.574. The van der Waals surface area contributed by atoms with E-state index >= 15 is 0 Å². The van der Waals surface area contributed by atoms with Gasteiger partial charge in [-0.3, -0.25) is 14.5 Å². The zero-order valence-corrected chi connectivity index (χ0v) is 16.0. The van der Waals surface area contributed by atoms with E-state index in [1.165, 1.54) is 0 Å². The number of para-hydroxylation sites is 1. The fraction of sp³-hybridized carbons (Fsp3) is 0.294. The zero-order chi connectivity index (χ0) is 18.1. The highest BCUT2D eigenvalue weighted by Crippen LogP contribution is 2.20. The van der Waals surface area contributed by atoms with Gasteiger partial charge in [0.05, 0.1) is 25.4 Å². The number of benzene rings is 1. The highest BCUT2D eigenvalue weighted by molar-refractivity contribution is 9.10. The first-order valence-corrected chi connectivity index (χ1v) is 9.47. The second-order valence-corrected chi connectivity index (χ2v) is 7.00. The van der Waals surface area contributed by atoms with Gasteiger partial charge in [0, 0.05) is 17.6 Å². The Balaban J connectivity index is 1.78. The highest BCUT2D eigenvalue weighted by atomic mass is 79.9. The summed E-state index contributed by atoms with van der Waals surface area (Å²) in [4.78, 5) is 25.8. The van der Waals surface area contributed by atoms with Crippen molar-refractivity contribution in [3.8, 4) is 0 Å². The van der Waals surface area contributed by atoms with Crippen LogP contribution >= 0.6 is 27.3 Å². The molecule has 2 aromatic rings. The number of aliphatic hydroxyl groups is 1. The van der Waals surface area contributed by atoms with Crippen molar-refractivity contribution in [3.63, 3.8) is 0 Å². The summed E-state index contributed by atoms with van der Waals surface area (Å²) < 4.78 is 0.777. The minimum Gasteiger partial charge on any atom is -0.395 e. The number of nitrogens with one attached hydrogen (secondary N) is 2.